The first kappa shape index (κ1) is 21.1. The number of ether oxygens (including phenoxy) is 1. The Bertz CT molecular complexity index is 1170. The molecule has 0 radical (unpaired) electrons. The first-order valence-electron chi connectivity index (χ1n) is 10.2. The van der Waals surface area contributed by atoms with Crippen LogP contribution in [0.3, 0.4) is 0 Å². The minimum Gasteiger partial charge on any atom is -0.497 e. The molecule has 0 aromatic heterocycles. The summed E-state index contributed by atoms with van der Waals surface area (Å²) in [7, 11) is 1.63. The zero-order chi connectivity index (χ0) is 22.2. The quantitative estimate of drug-likeness (QED) is 0.453. The molecule has 160 valence electrons. The van der Waals surface area contributed by atoms with Gasteiger partial charge in [-0.15, -0.1) is 0 Å². The topological polar surface area (TPSA) is 55.4 Å². The highest BCUT2D eigenvalue weighted by atomic mass is 35.5. The number of Topliss-reactive ketones (excluding diaryl/α,β-unsaturated/α-hetero) is 1. The van der Waals surface area contributed by atoms with Crippen molar-refractivity contribution in [2.24, 2.45) is 0 Å². The monoisotopic (exact) mass is 435 g/mol. The molecule has 1 amide bonds. The van der Waals surface area contributed by atoms with E-state index in [4.69, 9.17) is 16.3 Å². The maximum Gasteiger partial charge on any atom is 0.235 e. The largest absolute Gasteiger partial charge is 0.497 e. The average Bonchev–Trinajstić information content (AvgIpc) is 3.57. The van der Waals surface area contributed by atoms with Crippen molar-refractivity contribution in [2.45, 2.75) is 32.1 Å². The molecular weight excluding hydrogens is 410 g/mol. The standard InChI is InChI=1S/C26H24ClNO3.H2/c1-16-4-8-20(15-23(16)22-11-5-18(17(2)29)14-24(22)27)28-25(30)26(12-13-26)19-6-9-21(31-3)10-7-19;/h4-11,14-15H,12-13H2,1-3H3,(H,28,30);1H. The molecule has 0 spiro atoms. The van der Waals surface area contributed by atoms with Gasteiger partial charge in [0.15, 0.2) is 5.78 Å². The molecule has 31 heavy (non-hydrogen) atoms. The van der Waals surface area contributed by atoms with E-state index in [0.29, 0.717) is 10.6 Å². The van der Waals surface area contributed by atoms with Crippen LogP contribution in [-0.4, -0.2) is 18.8 Å². The van der Waals surface area contributed by atoms with E-state index < -0.39 is 5.41 Å². The molecule has 0 unspecified atom stereocenters. The lowest BCUT2D eigenvalue weighted by Gasteiger charge is -2.17. The molecule has 0 bridgehead atoms. The number of carbonyl (C=O) groups is 2. The van der Waals surface area contributed by atoms with Crippen LogP contribution in [0.2, 0.25) is 5.02 Å². The summed E-state index contributed by atoms with van der Waals surface area (Å²) in [6, 6.07) is 18.8. The van der Waals surface area contributed by atoms with E-state index in [0.717, 1.165) is 46.5 Å². The number of aryl methyl sites for hydroxylation is 1. The number of carbonyl (C=O) groups excluding carboxylic acids is 2. The minimum atomic E-state index is -0.488. The number of nitrogens with one attached hydrogen (secondary N) is 1. The Kier molecular flexibility index (Phi) is 5.59. The number of benzene rings is 3. The van der Waals surface area contributed by atoms with Crippen LogP contribution in [0.1, 0.15) is 42.7 Å². The van der Waals surface area contributed by atoms with Crippen LogP contribution < -0.4 is 10.1 Å². The third kappa shape index (κ3) is 4.08. The van der Waals surface area contributed by atoms with Crippen molar-refractivity contribution in [3.05, 3.63) is 82.4 Å². The van der Waals surface area contributed by atoms with Crippen molar-refractivity contribution in [3.8, 4) is 16.9 Å². The van der Waals surface area contributed by atoms with Gasteiger partial charge < -0.3 is 10.1 Å². The molecule has 5 heteroatoms. The van der Waals surface area contributed by atoms with Crippen molar-refractivity contribution in [1.82, 2.24) is 0 Å². The van der Waals surface area contributed by atoms with Crippen molar-refractivity contribution < 1.29 is 15.8 Å². The smallest absolute Gasteiger partial charge is 0.235 e. The highest BCUT2D eigenvalue weighted by Gasteiger charge is 2.51. The number of amides is 1. The van der Waals surface area contributed by atoms with Gasteiger partial charge in [-0.2, -0.15) is 0 Å². The molecule has 1 fully saturated rings. The lowest BCUT2D eigenvalue weighted by atomic mass is 9.94. The highest BCUT2D eigenvalue weighted by Crippen LogP contribution is 2.49. The SMILES string of the molecule is COc1ccc(C2(C(=O)Nc3ccc(C)c(-c4ccc(C(C)=O)cc4Cl)c3)CC2)cc1.[HH]. The van der Waals surface area contributed by atoms with Gasteiger partial charge in [-0.1, -0.05) is 41.9 Å². The van der Waals surface area contributed by atoms with E-state index in [1.165, 1.54) is 6.92 Å². The summed E-state index contributed by atoms with van der Waals surface area (Å²) in [5, 5.41) is 3.60. The molecule has 1 saturated carbocycles. The molecule has 4 nitrogen and oxygen atoms in total. The summed E-state index contributed by atoms with van der Waals surface area (Å²) in [6.07, 6.45) is 1.64. The molecule has 3 aromatic carbocycles. The maximum atomic E-state index is 13.2. The average molecular weight is 436 g/mol. The van der Waals surface area contributed by atoms with E-state index in [-0.39, 0.29) is 13.1 Å². The van der Waals surface area contributed by atoms with Crippen LogP contribution in [0, 0.1) is 6.92 Å². The van der Waals surface area contributed by atoms with Gasteiger partial charge in [-0.25, -0.2) is 0 Å². The van der Waals surface area contributed by atoms with Gasteiger partial charge in [0.2, 0.25) is 5.91 Å². The summed E-state index contributed by atoms with van der Waals surface area (Å²) >= 11 is 6.48. The summed E-state index contributed by atoms with van der Waals surface area (Å²) < 4.78 is 5.22. The Morgan fingerprint density at radius 2 is 1.71 bits per heavy atom. The Labute approximate surface area is 188 Å². The number of hydrogen-bond donors (Lipinski definition) is 1. The highest BCUT2D eigenvalue weighted by molar-refractivity contribution is 6.33. The number of methoxy groups -OCH3 is 1. The molecular formula is C26H26ClNO3. The lowest BCUT2D eigenvalue weighted by molar-refractivity contribution is -0.118. The number of halogens is 1. The van der Waals surface area contributed by atoms with Crippen molar-refractivity contribution >= 4 is 29.0 Å². The Morgan fingerprint density at radius 3 is 2.29 bits per heavy atom. The fourth-order valence-corrected chi connectivity index (χ4v) is 4.16. The molecule has 0 saturated heterocycles. The van der Waals surface area contributed by atoms with Crippen LogP contribution in [0.5, 0.6) is 5.75 Å². The zero-order valence-corrected chi connectivity index (χ0v) is 18.5. The molecule has 1 aliphatic carbocycles. The van der Waals surface area contributed by atoms with Gasteiger partial charge >= 0.3 is 0 Å². The maximum absolute atomic E-state index is 13.2. The van der Waals surface area contributed by atoms with E-state index >= 15 is 0 Å². The normalized spacial score (nSPS) is 14.1. The molecule has 4 rings (SSSR count). The number of anilines is 1. The molecule has 3 aromatic rings. The first-order chi connectivity index (χ1) is 14.8. The van der Waals surface area contributed by atoms with Gasteiger partial charge in [-0.3, -0.25) is 9.59 Å². The molecule has 0 heterocycles. The van der Waals surface area contributed by atoms with Crippen LogP contribution in [0.4, 0.5) is 5.69 Å². The Morgan fingerprint density at radius 1 is 1.00 bits per heavy atom. The molecule has 0 aliphatic heterocycles. The van der Waals surface area contributed by atoms with Gasteiger partial charge in [0.1, 0.15) is 5.75 Å². The van der Waals surface area contributed by atoms with Crippen molar-refractivity contribution in [2.75, 3.05) is 12.4 Å². The van der Waals surface area contributed by atoms with E-state index in [1.54, 1.807) is 19.2 Å². The van der Waals surface area contributed by atoms with Crippen LogP contribution in [0.15, 0.2) is 60.7 Å². The number of rotatable bonds is 6. The van der Waals surface area contributed by atoms with Gasteiger partial charge in [-0.05, 0) is 73.7 Å². The summed E-state index contributed by atoms with van der Waals surface area (Å²) in [5.74, 6) is 0.737. The predicted molar refractivity (Wildman–Crippen MR) is 126 cm³/mol. The molecule has 1 N–H and O–H groups in total. The predicted octanol–water partition coefficient (Wildman–Crippen LogP) is 6.44. The van der Waals surface area contributed by atoms with Crippen LogP contribution >= 0.6 is 11.6 Å². The minimum absolute atomic E-state index is 0. The van der Waals surface area contributed by atoms with E-state index in [2.05, 4.69) is 5.32 Å². The molecule has 0 atom stereocenters. The Balaban J connectivity index is 0.00000289. The number of hydrogen-bond acceptors (Lipinski definition) is 3. The first-order valence-corrected chi connectivity index (χ1v) is 10.6. The van der Waals surface area contributed by atoms with Crippen LogP contribution in [-0.2, 0) is 10.2 Å². The summed E-state index contributed by atoms with van der Waals surface area (Å²) in [5.41, 5.74) is 4.60. The van der Waals surface area contributed by atoms with Gasteiger partial charge in [0.25, 0.3) is 0 Å². The Hall–Kier alpha value is -3.11. The molecule has 1 aliphatic rings. The number of ketones is 1. The van der Waals surface area contributed by atoms with Crippen molar-refractivity contribution in [3.63, 3.8) is 0 Å². The van der Waals surface area contributed by atoms with Gasteiger partial charge in [0, 0.05) is 23.3 Å². The lowest BCUT2D eigenvalue weighted by Crippen LogP contribution is -2.27. The summed E-state index contributed by atoms with van der Waals surface area (Å²) in [6.45, 7) is 3.51. The summed E-state index contributed by atoms with van der Waals surface area (Å²) in [4.78, 5) is 24.8. The second-order valence-corrected chi connectivity index (χ2v) is 8.45. The third-order valence-corrected chi connectivity index (χ3v) is 6.30. The fraction of sp³-hybridized carbons (Fsp3) is 0.231. The van der Waals surface area contributed by atoms with E-state index in [9.17, 15) is 9.59 Å². The van der Waals surface area contributed by atoms with Crippen molar-refractivity contribution in [1.29, 1.82) is 0 Å². The second kappa shape index (κ2) is 8.20. The van der Waals surface area contributed by atoms with E-state index in [1.807, 2.05) is 55.5 Å². The third-order valence-electron chi connectivity index (χ3n) is 5.99. The fourth-order valence-electron chi connectivity index (χ4n) is 3.88. The second-order valence-electron chi connectivity index (χ2n) is 8.05. The zero-order valence-electron chi connectivity index (χ0n) is 17.8. The van der Waals surface area contributed by atoms with Crippen LogP contribution in [0.25, 0.3) is 11.1 Å². The van der Waals surface area contributed by atoms with Gasteiger partial charge in [0.05, 0.1) is 12.5 Å².